The highest BCUT2D eigenvalue weighted by atomic mass is 32.1. The molecule has 2 rings (SSSR count). The van der Waals surface area contributed by atoms with Crippen LogP contribution in [0.4, 0.5) is 0 Å². The number of hydrogen-bond donors (Lipinski definition) is 2. The van der Waals surface area contributed by atoms with E-state index in [4.69, 9.17) is 5.73 Å². The van der Waals surface area contributed by atoms with Crippen LogP contribution in [-0.4, -0.2) is 18.1 Å². The molecule has 0 unspecified atom stereocenters. The quantitative estimate of drug-likeness (QED) is 0.862. The van der Waals surface area contributed by atoms with Crippen LogP contribution in [0.1, 0.15) is 41.3 Å². The van der Waals surface area contributed by atoms with E-state index in [0.29, 0.717) is 0 Å². The molecule has 0 bridgehead atoms. The van der Waals surface area contributed by atoms with Crippen molar-refractivity contribution < 1.29 is 0 Å². The third-order valence-corrected chi connectivity index (χ3v) is 5.09. The molecule has 1 aliphatic carbocycles. The summed E-state index contributed by atoms with van der Waals surface area (Å²) in [6, 6.07) is 0. The molecule has 4 heteroatoms. The highest BCUT2D eigenvalue weighted by Gasteiger charge is 2.19. The highest BCUT2D eigenvalue weighted by molar-refractivity contribution is 7.11. The van der Waals surface area contributed by atoms with Gasteiger partial charge in [-0.3, -0.25) is 0 Å². The number of nitrogens with two attached hydrogens (primary N) is 1. The minimum atomic E-state index is 0.785. The molecule has 3 nitrogen and oxygen atoms in total. The van der Waals surface area contributed by atoms with E-state index in [9.17, 15) is 0 Å². The molecule has 0 aromatic carbocycles. The highest BCUT2D eigenvalue weighted by Crippen LogP contribution is 2.27. The number of hydrogen-bond acceptors (Lipinski definition) is 4. The Morgan fingerprint density at radius 2 is 1.89 bits per heavy atom. The number of nitrogens with zero attached hydrogens (tertiary/aromatic N) is 1. The second-order valence-corrected chi connectivity index (χ2v) is 6.78. The normalized spacial score (nSPS) is 24.4. The zero-order valence-electron chi connectivity index (χ0n) is 11.5. The van der Waals surface area contributed by atoms with Crippen LogP contribution in [-0.2, 0) is 6.54 Å². The first-order chi connectivity index (χ1) is 8.69. The topological polar surface area (TPSA) is 50.9 Å². The maximum atomic E-state index is 5.72. The lowest BCUT2D eigenvalue weighted by molar-refractivity contribution is 0.272. The number of thiazole rings is 1. The van der Waals surface area contributed by atoms with Crippen molar-refractivity contribution in [2.24, 2.45) is 17.6 Å². The van der Waals surface area contributed by atoms with Gasteiger partial charge in [0.15, 0.2) is 0 Å². The summed E-state index contributed by atoms with van der Waals surface area (Å²) in [5.74, 6) is 1.63. The van der Waals surface area contributed by atoms with Crippen molar-refractivity contribution in [2.75, 3.05) is 13.1 Å². The van der Waals surface area contributed by atoms with Crippen LogP contribution in [0.25, 0.3) is 0 Å². The summed E-state index contributed by atoms with van der Waals surface area (Å²) in [4.78, 5) is 5.85. The van der Waals surface area contributed by atoms with Crippen molar-refractivity contribution in [3.05, 3.63) is 15.6 Å². The average molecular weight is 267 g/mol. The summed E-state index contributed by atoms with van der Waals surface area (Å²) in [6.45, 7) is 7.18. The van der Waals surface area contributed by atoms with Crippen molar-refractivity contribution in [3.63, 3.8) is 0 Å². The fourth-order valence-electron chi connectivity index (χ4n) is 2.80. The summed E-state index contributed by atoms with van der Waals surface area (Å²) in [7, 11) is 0. The van der Waals surface area contributed by atoms with Gasteiger partial charge in [-0.05, 0) is 64.5 Å². The molecule has 0 aliphatic heterocycles. The molecule has 1 aromatic rings. The van der Waals surface area contributed by atoms with E-state index in [-0.39, 0.29) is 0 Å². The molecule has 18 heavy (non-hydrogen) atoms. The minimum Gasteiger partial charge on any atom is -0.330 e. The summed E-state index contributed by atoms with van der Waals surface area (Å²) < 4.78 is 0. The number of aryl methyl sites for hydroxylation is 2. The van der Waals surface area contributed by atoms with Gasteiger partial charge in [0, 0.05) is 11.4 Å². The molecule has 1 heterocycles. The lowest BCUT2D eigenvalue weighted by atomic mass is 9.82. The summed E-state index contributed by atoms with van der Waals surface area (Å²) in [5.41, 5.74) is 6.91. The summed E-state index contributed by atoms with van der Waals surface area (Å²) in [5, 5.41) is 4.77. The lowest BCUT2D eigenvalue weighted by Crippen LogP contribution is -2.28. The van der Waals surface area contributed by atoms with E-state index in [1.54, 1.807) is 0 Å². The molecule has 1 fully saturated rings. The maximum Gasteiger partial charge on any atom is 0.0900 e. The van der Waals surface area contributed by atoms with Crippen molar-refractivity contribution >= 4 is 11.3 Å². The Labute approximate surface area is 114 Å². The first-order valence-corrected chi connectivity index (χ1v) is 7.84. The molecule has 102 valence electrons. The Hall–Kier alpha value is -0.450. The Kier molecular flexibility index (Phi) is 5.15. The Bertz CT molecular complexity index is 367. The third-order valence-electron chi connectivity index (χ3n) is 4.02. The Morgan fingerprint density at radius 1 is 1.22 bits per heavy atom. The summed E-state index contributed by atoms with van der Waals surface area (Å²) >= 11 is 1.81. The van der Waals surface area contributed by atoms with Gasteiger partial charge in [-0.15, -0.1) is 11.3 Å². The predicted octanol–water partition coefficient (Wildman–Crippen LogP) is 2.61. The van der Waals surface area contributed by atoms with Gasteiger partial charge in [-0.1, -0.05) is 0 Å². The second kappa shape index (κ2) is 6.64. The van der Waals surface area contributed by atoms with Gasteiger partial charge >= 0.3 is 0 Å². The predicted molar refractivity (Wildman–Crippen MR) is 77.8 cm³/mol. The van der Waals surface area contributed by atoms with Crippen molar-refractivity contribution in [2.45, 2.75) is 46.1 Å². The van der Waals surface area contributed by atoms with Gasteiger partial charge in [-0.2, -0.15) is 0 Å². The first kappa shape index (κ1) is 14.0. The van der Waals surface area contributed by atoms with E-state index in [2.05, 4.69) is 24.1 Å². The molecular weight excluding hydrogens is 242 g/mol. The lowest BCUT2D eigenvalue weighted by Gasteiger charge is -2.27. The molecule has 1 saturated carbocycles. The molecule has 1 aliphatic rings. The largest absolute Gasteiger partial charge is 0.330 e. The molecule has 0 atom stereocenters. The third kappa shape index (κ3) is 3.77. The summed E-state index contributed by atoms with van der Waals surface area (Å²) in [6.07, 6.45) is 5.33. The van der Waals surface area contributed by atoms with Gasteiger partial charge in [0.25, 0.3) is 0 Å². The van der Waals surface area contributed by atoms with Crippen LogP contribution in [0.5, 0.6) is 0 Å². The van der Waals surface area contributed by atoms with Crippen LogP contribution in [0.3, 0.4) is 0 Å². The van der Waals surface area contributed by atoms with Gasteiger partial charge in [-0.25, -0.2) is 4.98 Å². The molecule has 0 amide bonds. The van der Waals surface area contributed by atoms with Crippen LogP contribution in [0.15, 0.2) is 0 Å². The van der Waals surface area contributed by atoms with E-state index in [1.165, 1.54) is 41.3 Å². The van der Waals surface area contributed by atoms with Crippen molar-refractivity contribution in [1.82, 2.24) is 10.3 Å². The fourth-order valence-corrected chi connectivity index (χ4v) is 3.71. The van der Waals surface area contributed by atoms with Crippen molar-refractivity contribution in [1.29, 1.82) is 0 Å². The standard InChI is InChI=1S/C14H25N3S/c1-10-14(18-11(2)17-10)9-16-8-13-5-3-12(7-15)4-6-13/h12-13,16H,3-9,15H2,1-2H3. The van der Waals surface area contributed by atoms with Gasteiger partial charge < -0.3 is 11.1 Å². The maximum absolute atomic E-state index is 5.72. The number of nitrogens with one attached hydrogen (secondary N) is 1. The zero-order valence-corrected chi connectivity index (χ0v) is 12.4. The zero-order chi connectivity index (χ0) is 13.0. The number of aromatic nitrogens is 1. The van der Waals surface area contributed by atoms with Crippen molar-refractivity contribution in [3.8, 4) is 0 Å². The number of rotatable bonds is 5. The fraction of sp³-hybridized carbons (Fsp3) is 0.786. The molecular formula is C14H25N3S. The molecule has 0 saturated heterocycles. The SMILES string of the molecule is Cc1nc(C)c(CNCC2CCC(CN)CC2)s1. The van der Waals surface area contributed by atoms with E-state index in [0.717, 1.165) is 31.5 Å². The van der Waals surface area contributed by atoms with E-state index in [1.807, 2.05) is 11.3 Å². The van der Waals surface area contributed by atoms with Crippen LogP contribution in [0, 0.1) is 25.7 Å². The average Bonchev–Trinajstić information content (AvgIpc) is 2.69. The van der Waals surface area contributed by atoms with Crippen LogP contribution >= 0.6 is 11.3 Å². The van der Waals surface area contributed by atoms with Gasteiger partial charge in [0.2, 0.25) is 0 Å². The smallest absolute Gasteiger partial charge is 0.0900 e. The van der Waals surface area contributed by atoms with E-state index >= 15 is 0 Å². The van der Waals surface area contributed by atoms with Crippen LogP contribution in [0.2, 0.25) is 0 Å². The Morgan fingerprint density at radius 3 is 2.44 bits per heavy atom. The van der Waals surface area contributed by atoms with E-state index < -0.39 is 0 Å². The molecule has 1 aromatic heterocycles. The minimum absolute atomic E-state index is 0.785. The Balaban J connectivity index is 1.68. The van der Waals surface area contributed by atoms with Gasteiger partial charge in [0.05, 0.1) is 10.7 Å². The van der Waals surface area contributed by atoms with Crippen LogP contribution < -0.4 is 11.1 Å². The molecule has 0 spiro atoms. The molecule has 3 N–H and O–H groups in total. The van der Waals surface area contributed by atoms with Gasteiger partial charge in [0.1, 0.15) is 0 Å². The monoisotopic (exact) mass is 267 g/mol. The second-order valence-electron chi connectivity index (χ2n) is 5.49. The molecule has 0 radical (unpaired) electrons. The first-order valence-electron chi connectivity index (χ1n) is 7.02.